The summed E-state index contributed by atoms with van der Waals surface area (Å²) in [4.78, 5) is 23.1. The lowest BCUT2D eigenvalue weighted by molar-refractivity contribution is -0.161. The second-order valence-corrected chi connectivity index (χ2v) is 7.56. The number of hydrogen-bond donors (Lipinski definition) is 1. The highest BCUT2D eigenvalue weighted by Gasteiger charge is 2.21. The molecule has 1 unspecified atom stereocenters. The van der Waals surface area contributed by atoms with Gasteiger partial charge in [-0.3, -0.25) is 4.79 Å². The summed E-state index contributed by atoms with van der Waals surface area (Å²) in [5, 5.41) is 0. The van der Waals surface area contributed by atoms with Crippen molar-refractivity contribution < 1.29 is 14.3 Å². The maximum atomic E-state index is 11.6. The van der Waals surface area contributed by atoms with Crippen LogP contribution < -0.4 is 5.73 Å². The Morgan fingerprint density at radius 3 is 1.56 bits per heavy atom. The maximum absolute atomic E-state index is 11.6. The second kappa shape index (κ2) is 16.6. The molecule has 0 amide bonds. The molecular weight excluding hydrogens is 314 g/mol. The van der Waals surface area contributed by atoms with Crippen molar-refractivity contribution in [1.29, 1.82) is 0 Å². The van der Waals surface area contributed by atoms with E-state index in [-0.39, 0.29) is 5.92 Å². The van der Waals surface area contributed by atoms with Crippen LogP contribution in [0.25, 0.3) is 0 Å². The first-order valence-corrected chi connectivity index (χ1v) is 10.5. The van der Waals surface area contributed by atoms with Crippen molar-refractivity contribution in [1.82, 2.24) is 0 Å². The molecule has 0 aromatic heterocycles. The van der Waals surface area contributed by atoms with Gasteiger partial charge in [-0.15, -0.1) is 0 Å². The van der Waals surface area contributed by atoms with Crippen LogP contribution in [-0.2, 0) is 14.3 Å². The lowest BCUT2D eigenvalue weighted by Gasteiger charge is -2.13. The van der Waals surface area contributed by atoms with Gasteiger partial charge in [0.25, 0.3) is 0 Å². The number of carbonyl (C=O) groups excluding carboxylic acids is 2. The molecule has 148 valence electrons. The topological polar surface area (TPSA) is 69.4 Å². The van der Waals surface area contributed by atoms with E-state index in [1.807, 2.05) is 13.8 Å². The van der Waals surface area contributed by atoms with Crippen LogP contribution >= 0.6 is 0 Å². The zero-order valence-electron chi connectivity index (χ0n) is 16.9. The van der Waals surface area contributed by atoms with Crippen molar-refractivity contribution in [2.45, 2.75) is 117 Å². The van der Waals surface area contributed by atoms with Crippen LogP contribution in [0.15, 0.2) is 0 Å². The predicted molar refractivity (Wildman–Crippen MR) is 104 cm³/mol. The molecule has 0 bridgehead atoms. The van der Waals surface area contributed by atoms with Crippen LogP contribution in [0, 0.1) is 5.92 Å². The van der Waals surface area contributed by atoms with Gasteiger partial charge in [0, 0.05) is 6.42 Å². The predicted octanol–water partition coefficient (Wildman–Crippen LogP) is 5.52. The fraction of sp³-hybridized carbons (Fsp3) is 0.905. The van der Waals surface area contributed by atoms with Crippen LogP contribution in [-0.4, -0.2) is 18.0 Å². The quantitative estimate of drug-likeness (QED) is 0.225. The number of hydrogen-bond acceptors (Lipinski definition) is 4. The number of unbranched alkanes of at least 4 members (excludes halogenated alkanes) is 12. The molecule has 0 aliphatic rings. The van der Waals surface area contributed by atoms with Crippen molar-refractivity contribution >= 4 is 11.9 Å². The van der Waals surface area contributed by atoms with Gasteiger partial charge in [-0.25, -0.2) is 4.79 Å². The summed E-state index contributed by atoms with van der Waals surface area (Å²) in [5.74, 6) is -1.06. The summed E-state index contributed by atoms with van der Waals surface area (Å²) in [7, 11) is 0. The van der Waals surface area contributed by atoms with Crippen molar-refractivity contribution in [3.8, 4) is 0 Å². The van der Waals surface area contributed by atoms with Crippen LogP contribution in [0.2, 0.25) is 0 Å². The lowest BCUT2D eigenvalue weighted by atomic mass is 10.0. The van der Waals surface area contributed by atoms with E-state index in [2.05, 4.69) is 6.92 Å². The molecule has 0 aliphatic heterocycles. The van der Waals surface area contributed by atoms with E-state index in [1.165, 1.54) is 64.2 Å². The first kappa shape index (κ1) is 24.1. The Morgan fingerprint density at radius 2 is 1.16 bits per heavy atom. The Morgan fingerprint density at radius 1 is 0.760 bits per heavy atom. The number of esters is 2. The molecule has 4 heteroatoms. The molecule has 1 atom stereocenters. The summed E-state index contributed by atoms with van der Waals surface area (Å²) >= 11 is 0. The fourth-order valence-electron chi connectivity index (χ4n) is 2.79. The normalized spacial score (nSPS) is 12.4. The molecule has 2 N–H and O–H groups in total. The lowest BCUT2D eigenvalue weighted by Crippen LogP contribution is -2.38. The minimum atomic E-state index is -0.712. The molecule has 0 radical (unpaired) electrons. The third-order valence-corrected chi connectivity index (χ3v) is 4.69. The largest absolute Gasteiger partial charge is 0.392 e. The van der Waals surface area contributed by atoms with E-state index in [9.17, 15) is 9.59 Å². The molecule has 0 aromatic carbocycles. The summed E-state index contributed by atoms with van der Waals surface area (Å²) in [6.45, 7) is 5.93. The van der Waals surface area contributed by atoms with Crippen LogP contribution in [0.1, 0.15) is 111 Å². The molecule has 0 saturated heterocycles. The summed E-state index contributed by atoms with van der Waals surface area (Å²) < 4.78 is 4.78. The van der Waals surface area contributed by atoms with Crippen molar-refractivity contribution in [2.75, 3.05) is 0 Å². The monoisotopic (exact) mass is 355 g/mol. The summed E-state index contributed by atoms with van der Waals surface area (Å²) in [5.41, 5.74) is 5.66. The average molecular weight is 356 g/mol. The Bertz CT molecular complexity index is 342. The highest BCUT2D eigenvalue weighted by molar-refractivity contribution is 5.88. The third kappa shape index (κ3) is 15.1. The van der Waals surface area contributed by atoms with Crippen molar-refractivity contribution in [3.05, 3.63) is 0 Å². The number of rotatable bonds is 16. The van der Waals surface area contributed by atoms with Gasteiger partial charge in [0.1, 0.15) is 6.04 Å². The second-order valence-electron chi connectivity index (χ2n) is 7.56. The van der Waals surface area contributed by atoms with Gasteiger partial charge < -0.3 is 10.5 Å². The third-order valence-electron chi connectivity index (χ3n) is 4.69. The SMILES string of the molecule is CCCCCCCCCCCCCCCC(=O)OC(=O)C(N)C(C)C. The average Bonchev–Trinajstić information content (AvgIpc) is 2.58. The first-order valence-electron chi connectivity index (χ1n) is 10.5. The van der Waals surface area contributed by atoms with Crippen LogP contribution in [0.5, 0.6) is 0 Å². The summed E-state index contributed by atoms with van der Waals surface area (Å²) in [6, 6.07) is -0.712. The Balaban J connectivity index is 3.35. The molecule has 0 heterocycles. The Hall–Kier alpha value is -0.900. The Kier molecular flexibility index (Phi) is 16.0. The first-order chi connectivity index (χ1) is 12.0. The van der Waals surface area contributed by atoms with E-state index < -0.39 is 18.0 Å². The van der Waals surface area contributed by atoms with Crippen LogP contribution in [0.4, 0.5) is 0 Å². The molecule has 25 heavy (non-hydrogen) atoms. The highest BCUT2D eigenvalue weighted by Crippen LogP contribution is 2.13. The van der Waals surface area contributed by atoms with E-state index in [4.69, 9.17) is 10.5 Å². The zero-order chi connectivity index (χ0) is 18.9. The number of ether oxygens (including phenoxy) is 1. The molecule has 0 spiro atoms. The molecule has 4 nitrogen and oxygen atoms in total. The van der Waals surface area contributed by atoms with Gasteiger partial charge in [-0.1, -0.05) is 97.8 Å². The van der Waals surface area contributed by atoms with E-state index >= 15 is 0 Å². The van der Waals surface area contributed by atoms with Crippen molar-refractivity contribution in [2.24, 2.45) is 11.7 Å². The van der Waals surface area contributed by atoms with Gasteiger partial charge in [0.15, 0.2) is 0 Å². The maximum Gasteiger partial charge on any atom is 0.330 e. The summed E-state index contributed by atoms with van der Waals surface area (Å²) in [6.07, 6.45) is 16.8. The van der Waals surface area contributed by atoms with Gasteiger partial charge in [0.2, 0.25) is 0 Å². The molecular formula is C21H41NO3. The standard InChI is InChI=1S/C21H41NO3/c1-4-5-6-7-8-9-10-11-12-13-14-15-16-17-19(23)25-21(24)20(22)18(2)3/h18,20H,4-17,22H2,1-3H3. The van der Waals surface area contributed by atoms with Gasteiger partial charge >= 0.3 is 11.9 Å². The smallest absolute Gasteiger partial charge is 0.330 e. The Labute approximate surface area is 155 Å². The van der Waals surface area contributed by atoms with Gasteiger partial charge in [0.05, 0.1) is 0 Å². The van der Waals surface area contributed by atoms with Crippen molar-refractivity contribution in [3.63, 3.8) is 0 Å². The van der Waals surface area contributed by atoms with E-state index in [0.29, 0.717) is 6.42 Å². The fourth-order valence-corrected chi connectivity index (χ4v) is 2.79. The molecule has 0 saturated carbocycles. The molecule has 0 rings (SSSR count). The van der Waals surface area contributed by atoms with Gasteiger partial charge in [-0.05, 0) is 12.3 Å². The number of nitrogens with two attached hydrogens (primary N) is 1. The number of carbonyl (C=O) groups is 2. The highest BCUT2D eigenvalue weighted by atomic mass is 16.6. The molecule has 0 fully saturated rings. The van der Waals surface area contributed by atoms with E-state index in [0.717, 1.165) is 19.3 Å². The molecule has 0 aromatic rings. The van der Waals surface area contributed by atoms with Gasteiger partial charge in [-0.2, -0.15) is 0 Å². The molecule has 0 aliphatic carbocycles. The minimum Gasteiger partial charge on any atom is -0.392 e. The minimum absolute atomic E-state index is 0.0170. The van der Waals surface area contributed by atoms with Crippen LogP contribution in [0.3, 0.4) is 0 Å². The van der Waals surface area contributed by atoms with E-state index in [1.54, 1.807) is 0 Å². The zero-order valence-corrected chi connectivity index (χ0v) is 16.9.